The number of nitrogens with zero attached hydrogens (tertiary/aromatic N) is 2. The fraction of sp³-hybridized carbons (Fsp3) is 0.167. The summed E-state index contributed by atoms with van der Waals surface area (Å²) < 4.78 is 5.89. The van der Waals surface area contributed by atoms with Crippen molar-refractivity contribution in [3.05, 3.63) is 92.5 Å². The van der Waals surface area contributed by atoms with Gasteiger partial charge in [-0.2, -0.15) is 0 Å². The Hall–Kier alpha value is -4.00. The van der Waals surface area contributed by atoms with Crippen LogP contribution in [0.3, 0.4) is 0 Å². The van der Waals surface area contributed by atoms with Gasteiger partial charge in [0.1, 0.15) is 5.52 Å². The van der Waals surface area contributed by atoms with Gasteiger partial charge in [0.05, 0.1) is 4.92 Å². The number of nitrogens with one attached hydrogen (secondary N) is 1. The predicted octanol–water partition coefficient (Wildman–Crippen LogP) is 5.26. The molecule has 1 heterocycles. The molecule has 0 atom stereocenters. The first-order chi connectivity index (χ1) is 14.8. The average Bonchev–Trinajstić information content (AvgIpc) is 3.15. The van der Waals surface area contributed by atoms with Crippen molar-refractivity contribution in [2.45, 2.75) is 27.3 Å². The number of oxazole rings is 1. The molecule has 1 aromatic heterocycles. The minimum Gasteiger partial charge on any atom is -0.436 e. The van der Waals surface area contributed by atoms with Crippen molar-refractivity contribution >= 4 is 22.7 Å². The Morgan fingerprint density at radius 1 is 1.06 bits per heavy atom. The fourth-order valence-corrected chi connectivity index (χ4v) is 3.41. The highest BCUT2D eigenvalue weighted by atomic mass is 16.6. The van der Waals surface area contributed by atoms with Crippen molar-refractivity contribution in [1.82, 2.24) is 10.3 Å². The molecule has 0 aliphatic carbocycles. The van der Waals surface area contributed by atoms with E-state index < -0.39 is 4.92 Å². The lowest BCUT2D eigenvalue weighted by Crippen LogP contribution is -2.23. The lowest BCUT2D eigenvalue weighted by molar-refractivity contribution is -0.385. The maximum atomic E-state index is 12.5. The van der Waals surface area contributed by atoms with Gasteiger partial charge in [-0.1, -0.05) is 18.2 Å². The van der Waals surface area contributed by atoms with Gasteiger partial charge in [-0.05, 0) is 67.8 Å². The molecule has 156 valence electrons. The van der Waals surface area contributed by atoms with E-state index in [1.807, 2.05) is 50.2 Å². The van der Waals surface area contributed by atoms with E-state index in [4.69, 9.17) is 4.42 Å². The first kappa shape index (κ1) is 20.3. The molecular weight excluding hydrogens is 394 g/mol. The molecule has 4 rings (SSSR count). The van der Waals surface area contributed by atoms with Crippen LogP contribution in [-0.2, 0) is 6.54 Å². The van der Waals surface area contributed by atoms with E-state index in [-0.39, 0.29) is 11.6 Å². The second-order valence-electron chi connectivity index (χ2n) is 7.51. The number of rotatable bonds is 5. The molecule has 0 saturated carbocycles. The number of hydrogen-bond acceptors (Lipinski definition) is 5. The standard InChI is InChI=1S/C24H21N3O4/c1-14-11-20-22(12-15(14)2)31-24(26-20)18-9-7-17(8-10-18)13-25-23(28)19-5-4-6-21(16(19)3)27(29)30/h4-12H,13H2,1-3H3,(H,25,28). The van der Waals surface area contributed by atoms with Crippen LogP contribution < -0.4 is 5.32 Å². The highest BCUT2D eigenvalue weighted by Gasteiger charge is 2.17. The second kappa shape index (κ2) is 8.02. The van der Waals surface area contributed by atoms with Crippen molar-refractivity contribution in [3.63, 3.8) is 0 Å². The molecule has 0 radical (unpaired) electrons. The first-order valence-corrected chi connectivity index (χ1v) is 9.83. The molecule has 7 nitrogen and oxygen atoms in total. The SMILES string of the molecule is Cc1cc2nc(-c3ccc(CNC(=O)c4cccc([N+](=O)[O-])c4C)cc3)oc2cc1C. The summed E-state index contributed by atoms with van der Waals surface area (Å²) in [6, 6.07) is 16.0. The minimum absolute atomic E-state index is 0.0688. The Bertz CT molecular complexity index is 1270. The van der Waals surface area contributed by atoms with Gasteiger partial charge in [-0.3, -0.25) is 14.9 Å². The number of carbonyl (C=O) groups is 1. The molecule has 0 aliphatic rings. The third-order valence-electron chi connectivity index (χ3n) is 5.40. The Balaban J connectivity index is 1.48. The molecule has 0 saturated heterocycles. The van der Waals surface area contributed by atoms with Gasteiger partial charge in [0.15, 0.2) is 5.58 Å². The summed E-state index contributed by atoms with van der Waals surface area (Å²) in [4.78, 5) is 27.7. The van der Waals surface area contributed by atoms with Crippen LogP contribution in [0.2, 0.25) is 0 Å². The third-order valence-corrected chi connectivity index (χ3v) is 5.40. The van der Waals surface area contributed by atoms with Crippen LogP contribution in [0.15, 0.2) is 59.0 Å². The molecule has 1 amide bonds. The highest BCUT2D eigenvalue weighted by Crippen LogP contribution is 2.26. The van der Waals surface area contributed by atoms with E-state index in [1.54, 1.807) is 13.0 Å². The zero-order valence-corrected chi connectivity index (χ0v) is 17.4. The topological polar surface area (TPSA) is 98.3 Å². The van der Waals surface area contributed by atoms with Gasteiger partial charge in [0, 0.05) is 29.3 Å². The molecule has 0 spiro atoms. The number of amides is 1. The third kappa shape index (κ3) is 4.02. The summed E-state index contributed by atoms with van der Waals surface area (Å²) in [5.74, 6) is 0.192. The summed E-state index contributed by atoms with van der Waals surface area (Å²) in [5.41, 5.74) is 6.20. The van der Waals surface area contributed by atoms with Crippen LogP contribution >= 0.6 is 0 Å². The zero-order valence-electron chi connectivity index (χ0n) is 17.4. The van der Waals surface area contributed by atoms with Gasteiger partial charge in [0.25, 0.3) is 11.6 Å². The molecule has 1 N–H and O–H groups in total. The lowest BCUT2D eigenvalue weighted by Gasteiger charge is -2.08. The predicted molar refractivity (Wildman–Crippen MR) is 118 cm³/mol. The molecule has 3 aromatic carbocycles. The summed E-state index contributed by atoms with van der Waals surface area (Å²) >= 11 is 0. The van der Waals surface area contributed by atoms with Crippen LogP contribution in [0.4, 0.5) is 5.69 Å². The monoisotopic (exact) mass is 415 g/mol. The van der Waals surface area contributed by atoms with Crippen LogP contribution in [0, 0.1) is 30.9 Å². The zero-order chi connectivity index (χ0) is 22.1. The molecular formula is C24H21N3O4. The van der Waals surface area contributed by atoms with E-state index in [0.717, 1.165) is 33.4 Å². The van der Waals surface area contributed by atoms with Gasteiger partial charge >= 0.3 is 0 Å². The number of carbonyl (C=O) groups excluding carboxylic acids is 1. The van der Waals surface area contributed by atoms with E-state index in [9.17, 15) is 14.9 Å². The second-order valence-corrected chi connectivity index (χ2v) is 7.51. The Kier molecular flexibility index (Phi) is 5.25. The van der Waals surface area contributed by atoms with Crippen LogP contribution in [-0.4, -0.2) is 15.8 Å². The normalized spacial score (nSPS) is 10.9. The number of aromatic nitrogens is 1. The first-order valence-electron chi connectivity index (χ1n) is 9.83. The van der Waals surface area contributed by atoms with E-state index in [2.05, 4.69) is 10.3 Å². The number of aryl methyl sites for hydroxylation is 2. The van der Waals surface area contributed by atoms with Crippen molar-refractivity contribution in [2.24, 2.45) is 0 Å². The quantitative estimate of drug-likeness (QED) is 0.354. The van der Waals surface area contributed by atoms with E-state index >= 15 is 0 Å². The number of fused-ring (bicyclic) bond motifs is 1. The van der Waals surface area contributed by atoms with Gasteiger partial charge in [-0.15, -0.1) is 0 Å². The van der Waals surface area contributed by atoms with E-state index in [0.29, 0.717) is 23.6 Å². The Morgan fingerprint density at radius 2 is 1.77 bits per heavy atom. The van der Waals surface area contributed by atoms with E-state index in [1.165, 1.54) is 12.1 Å². The molecule has 4 aromatic rings. The van der Waals surface area contributed by atoms with Crippen molar-refractivity contribution < 1.29 is 14.1 Å². The maximum absolute atomic E-state index is 12.5. The average molecular weight is 415 g/mol. The molecule has 0 unspecified atom stereocenters. The van der Waals surface area contributed by atoms with Crippen LogP contribution in [0.25, 0.3) is 22.6 Å². The van der Waals surface area contributed by atoms with Crippen molar-refractivity contribution in [3.8, 4) is 11.5 Å². The van der Waals surface area contributed by atoms with Gasteiger partial charge < -0.3 is 9.73 Å². The van der Waals surface area contributed by atoms with Gasteiger partial charge in [0.2, 0.25) is 5.89 Å². The highest BCUT2D eigenvalue weighted by molar-refractivity contribution is 5.96. The number of nitro groups is 1. The largest absolute Gasteiger partial charge is 0.436 e. The summed E-state index contributed by atoms with van der Waals surface area (Å²) in [6.07, 6.45) is 0. The van der Waals surface area contributed by atoms with Crippen molar-refractivity contribution in [2.75, 3.05) is 0 Å². The fourth-order valence-electron chi connectivity index (χ4n) is 3.41. The lowest BCUT2D eigenvalue weighted by atomic mass is 10.1. The molecule has 0 bridgehead atoms. The molecule has 0 aliphatic heterocycles. The Morgan fingerprint density at radius 3 is 2.48 bits per heavy atom. The van der Waals surface area contributed by atoms with Crippen molar-refractivity contribution in [1.29, 1.82) is 0 Å². The van der Waals surface area contributed by atoms with Crippen LogP contribution in [0.1, 0.15) is 32.6 Å². The minimum atomic E-state index is -0.487. The number of benzene rings is 3. The number of hydrogen-bond donors (Lipinski definition) is 1. The number of nitro benzene ring substituents is 1. The van der Waals surface area contributed by atoms with Gasteiger partial charge in [-0.25, -0.2) is 4.98 Å². The molecule has 31 heavy (non-hydrogen) atoms. The summed E-state index contributed by atoms with van der Waals surface area (Å²) in [5, 5.41) is 13.9. The summed E-state index contributed by atoms with van der Waals surface area (Å²) in [6.45, 7) is 5.95. The molecule has 0 fully saturated rings. The smallest absolute Gasteiger partial charge is 0.273 e. The van der Waals surface area contributed by atoms with Crippen LogP contribution in [0.5, 0.6) is 0 Å². The Labute approximate surface area is 178 Å². The maximum Gasteiger partial charge on any atom is 0.273 e. The molecule has 7 heteroatoms. The summed E-state index contributed by atoms with van der Waals surface area (Å²) in [7, 11) is 0.